The Labute approximate surface area is 133 Å². The summed E-state index contributed by atoms with van der Waals surface area (Å²) >= 11 is 0. The van der Waals surface area contributed by atoms with Gasteiger partial charge in [0.1, 0.15) is 6.42 Å². The molecule has 0 aliphatic rings. The SMILES string of the molecule is COC(=O)c1ccc(NC(=O)CC(=O)Nc2ccccc2)cc1. The second kappa shape index (κ2) is 7.74. The van der Waals surface area contributed by atoms with Crippen LogP contribution in [0.4, 0.5) is 11.4 Å². The minimum atomic E-state index is -0.454. The third-order valence-electron chi connectivity index (χ3n) is 2.97. The van der Waals surface area contributed by atoms with Gasteiger partial charge in [-0.05, 0) is 36.4 Å². The number of ether oxygens (including phenoxy) is 1. The van der Waals surface area contributed by atoms with Crippen molar-refractivity contribution in [2.75, 3.05) is 17.7 Å². The molecule has 2 N–H and O–H groups in total. The molecule has 0 aliphatic heterocycles. The van der Waals surface area contributed by atoms with Gasteiger partial charge in [-0.2, -0.15) is 0 Å². The van der Waals surface area contributed by atoms with Crippen LogP contribution in [0.25, 0.3) is 0 Å². The molecule has 2 aromatic carbocycles. The molecule has 2 rings (SSSR count). The highest BCUT2D eigenvalue weighted by Gasteiger charge is 2.10. The van der Waals surface area contributed by atoms with E-state index in [-0.39, 0.29) is 6.42 Å². The van der Waals surface area contributed by atoms with Crippen LogP contribution in [0.15, 0.2) is 54.6 Å². The quantitative estimate of drug-likeness (QED) is 0.656. The summed E-state index contributed by atoms with van der Waals surface area (Å²) in [5, 5.41) is 5.22. The van der Waals surface area contributed by atoms with E-state index in [1.54, 1.807) is 36.4 Å². The van der Waals surface area contributed by atoms with E-state index < -0.39 is 17.8 Å². The number of hydrogen-bond donors (Lipinski definition) is 2. The molecule has 0 aliphatic carbocycles. The number of hydrogen-bond acceptors (Lipinski definition) is 4. The highest BCUT2D eigenvalue weighted by molar-refractivity contribution is 6.08. The van der Waals surface area contributed by atoms with Crippen molar-refractivity contribution in [3.8, 4) is 0 Å². The second-order valence-electron chi connectivity index (χ2n) is 4.71. The van der Waals surface area contributed by atoms with Gasteiger partial charge in [0.15, 0.2) is 0 Å². The van der Waals surface area contributed by atoms with Gasteiger partial charge in [-0.15, -0.1) is 0 Å². The lowest BCUT2D eigenvalue weighted by atomic mass is 10.2. The fourth-order valence-electron chi connectivity index (χ4n) is 1.89. The molecule has 0 spiro atoms. The van der Waals surface area contributed by atoms with E-state index in [0.29, 0.717) is 16.9 Å². The molecule has 6 heteroatoms. The number of anilines is 2. The van der Waals surface area contributed by atoms with Crippen molar-refractivity contribution >= 4 is 29.2 Å². The number of methoxy groups -OCH3 is 1. The molecule has 2 amide bonds. The first-order valence-electron chi connectivity index (χ1n) is 6.91. The number of para-hydroxylation sites is 1. The summed E-state index contributed by atoms with van der Waals surface area (Å²) in [7, 11) is 1.30. The summed E-state index contributed by atoms with van der Waals surface area (Å²) in [6.07, 6.45) is -0.298. The highest BCUT2D eigenvalue weighted by Crippen LogP contribution is 2.11. The number of nitrogens with one attached hydrogen (secondary N) is 2. The van der Waals surface area contributed by atoms with Gasteiger partial charge in [0.2, 0.25) is 11.8 Å². The van der Waals surface area contributed by atoms with E-state index in [9.17, 15) is 14.4 Å². The predicted molar refractivity (Wildman–Crippen MR) is 86.1 cm³/mol. The van der Waals surface area contributed by atoms with Crippen LogP contribution in [0, 0.1) is 0 Å². The van der Waals surface area contributed by atoms with Crippen molar-refractivity contribution < 1.29 is 19.1 Å². The van der Waals surface area contributed by atoms with Crippen molar-refractivity contribution in [2.45, 2.75) is 6.42 Å². The molecule has 118 valence electrons. The van der Waals surface area contributed by atoms with Crippen molar-refractivity contribution in [1.82, 2.24) is 0 Å². The van der Waals surface area contributed by atoms with Crippen LogP contribution in [0.1, 0.15) is 16.8 Å². The van der Waals surface area contributed by atoms with E-state index in [1.807, 2.05) is 6.07 Å². The Morgan fingerprint density at radius 2 is 1.35 bits per heavy atom. The fraction of sp³-hybridized carbons (Fsp3) is 0.118. The van der Waals surface area contributed by atoms with Crippen LogP contribution in [-0.4, -0.2) is 24.9 Å². The van der Waals surface area contributed by atoms with Gasteiger partial charge in [-0.3, -0.25) is 9.59 Å². The fourth-order valence-corrected chi connectivity index (χ4v) is 1.89. The number of amides is 2. The Kier molecular flexibility index (Phi) is 5.46. The molecule has 2 aromatic rings. The molecule has 0 bridgehead atoms. The smallest absolute Gasteiger partial charge is 0.337 e. The second-order valence-corrected chi connectivity index (χ2v) is 4.71. The molecule has 0 aromatic heterocycles. The molecule has 23 heavy (non-hydrogen) atoms. The Balaban J connectivity index is 1.87. The zero-order valence-corrected chi connectivity index (χ0v) is 12.5. The molecule has 0 saturated heterocycles. The van der Waals surface area contributed by atoms with Gasteiger partial charge in [0.05, 0.1) is 12.7 Å². The standard InChI is InChI=1S/C17H16N2O4/c1-23-17(22)12-7-9-14(10-8-12)19-16(21)11-15(20)18-13-5-3-2-4-6-13/h2-10H,11H2,1H3,(H,18,20)(H,19,21). The summed E-state index contributed by atoms with van der Waals surface area (Å²) in [5.41, 5.74) is 1.51. The molecule has 6 nitrogen and oxygen atoms in total. The van der Waals surface area contributed by atoms with Crippen LogP contribution in [0.3, 0.4) is 0 Å². The number of rotatable bonds is 5. The largest absolute Gasteiger partial charge is 0.465 e. The zero-order valence-electron chi connectivity index (χ0n) is 12.5. The lowest BCUT2D eigenvalue weighted by molar-refractivity contribution is -0.123. The van der Waals surface area contributed by atoms with Crippen LogP contribution in [0.2, 0.25) is 0 Å². The van der Waals surface area contributed by atoms with Gasteiger partial charge >= 0.3 is 5.97 Å². The number of carbonyl (C=O) groups is 3. The monoisotopic (exact) mass is 312 g/mol. The van der Waals surface area contributed by atoms with Gasteiger partial charge < -0.3 is 15.4 Å². The molecule has 0 heterocycles. The first-order chi connectivity index (χ1) is 11.1. The molecular formula is C17H16N2O4. The van der Waals surface area contributed by atoms with E-state index in [2.05, 4.69) is 15.4 Å². The van der Waals surface area contributed by atoms with E-state index in [1.165, 1.54) is 19.2 Å². The Bertz CT molecular complexity index is 696. The molecule has 0 atom stereocenters. The maximum atomic E-state index is 11.8. The Morgan fingerprint density at radius 1 is 0.826 bits per heavy atom. The first-order valence-corrected chi connectivity index (χ1v) is 6.91. The summed E-state index contributed by atoms with van der Waals surface area (Å²) < 4.78 is 4.59. The van der Waals surface area contributed by atoms with Gasteiger partial charge in [-0.1, -0.05) is 18.2 Å². The van der Waals surface area contributed by atoms with Crippen LogP contribution in [0.5, 0.6) is 0 Å². The van der Waals surface area contributed by atoms with E-state index >= 15 is 0 Å². The Morgan fingerprint density at radius 3 is 1.87 bits per heavy atom. The van der Waals surface area contributed by atoms with E-state index in [0.717, 1.165) is 0 Å². The number of benzene rings is 2. The molecule has 0 radical (unpaired) electrons. The minimum Gasteiger partial charge on any atom is -0.465 e. The Hall–Kier alpha value is -3.15. The maximum absolute atomic E-state index is 11.8. The summed E-state index contributed by atoms with van der Waals surface area (Å²) in [6.45, 7) is 0. The van der Waals surface area contributed by atoms with Crippen LogP contribution >= 0.6 is 0 Å². The van der Waals surface area contributed by atoms with Gasteiger partial charge in [0, 0.05) is 11.4 Å². The first kappa shape index (κ1) is 16.2. The molecule has 0 saturated carbocycles. The van der Waals surface area contributed by atoms with Gasteiger partial charge in [0.25, 0.3) is 0 Å². The van der Waals surface area contributed by atoms with Crippen LogP contribution in [-0.2, 0) is 14.3 Å². The predicted octanol–water partition coefficient (Wildman–Crippen LogP) is 2.44. The molecule has 0 unspecified atom stereocenters. The third-order valence-corrected chi connectivity index (χ3v) is 2.97. The van der Waals surface area contributed by atoms with Crippen LogP contribution < -0.4 is 10.6 Å². The van der Waals surface area contributed by atoms with Crippen molar-refractivity contribution in [3.63, 3.8) is 0 Å². The minimum absolute atomic E-state index is 0.298. The number of carbonyl (C=O) groups excluding carboxylic acids is 3. The summed E-state index contributed by atoms with van der Waals surface area (Å²) in [6, 6.07) is 15.1. The molecular weight excluding hydrogens is 296 g/mol. The average Bonchev–Trinajstić information content (AvgIpc) is 2.55. The average molecular weight is 312 g/mol. The third kappa shape index (κ3) is 4.96. The van der Waals surface area contributed by atoms with E-state index in [4.69, 9.17) is 0 Å². The summed E-state index contributed by atoms with van der Waals surface area (Å²) in [5.74, 6) is -1.30. The summed E-state index contributed by atoms with van der Waals surface area (Å²) in [4.78, 5) is 34.9. The normalized spacial score (nSPS) is 9.78. The zero-order chi connectivity index (χ0) is 16.7. The topological polar surface area (TPSA) is 84.5 Å². The number of esters is 1. The highest BCUT2D eigenvalue weighted by atomic mass is 16.5. The maximum Gasteiger partial charge on any atom is 0.337 e. The van der Waals surface area contributed by atoms with Crippen molar-refractivity contribution in [1.29, 1.82) is 0 Å². The lowest BCUT2D eigenvalue weighted by Gasteiger charge is -2.07. The van der Waals surface area contributed by atoms with Crippen molar-refractivity contribution in [3.05, 3.63) is 60.2 Å². The van der Waals surface area contributed by atoms with Crippen molar-refractivity contribution in [2.24, 2.45) is 0 Å². The molecule has 0 fully saturated rings. The van der Waals surface area contributed by atoms with Gasteiger partial charge in [-0.25, -0.2) is 4.79 Å². The lowest BCUT2D eigenvalue weighted by Crippen LogP contribution is -2.21.